The maximum atomic E-state index is 5.39. The van der Waals surface area contributed by atoms with Gasteiger partial charge in [0.2, 0.25) is 5.89 Å². The van der Waals surface area contributed by atoms with Gasteiger partial charge in [-0.2, -0.15) is 4.98 Å². The van der Waals surface area contributed by atoms with Crippen molar-refractivity contribution in [3.63, 3.8) is 0 Å². The van der Waals surface area contributed by atoms with Gasteiger partial charge in [0.15, 0.2) is 11.8 Å². The number of nitrogens with zero attached hydrogens (tertiary/aromatic N) is 3. The first-order valence-electron chi connectivity index (χ1n) is 9.10. The fraction of sp³-hybridized carbons (Fsp3) is 0.526. The van der Waals surface area contributed by atoms with Crippen LogP contribution in [0.25, 0.3) is 0 Å². The van der Waals surface area contributed by atoms with E-state index in [4.69, 9.17) is 9.26 Å². The average Bonchev–Trinajstić information content (AvgIpc) is 3.11. The molecule has 7 heteroatoms. The van der Waals surface area contributed by atoms with Crippen LogP contribution in [0.2, 0.25) is 0 Å². The van der Waals surface area contributed by atoms with Crippen molar-refractivity contribution in [2.45, 2.75) is 39.5 Å². The van der Waals surface area contributed by atoms with Gasteiger partial charge in [-0.25, -0.2) is 0 Å². The maximum Gasteiger partial charge on any atom is 0.228 e. The van der Waals surface area contributed by atoms with E-state index in [0.717, 1.165) is 37.0 Å². The number of benzene rings is 1. The van der Waals surface area contributed by atoms with Crippen LogP contribution in [0.5, 0.6) is 5.75 Å². The molecule has 2 N–H and O–H groups in total. The number of hydrogen-bond donors (Lipinski definition) is 2. The van der Waals surface area contributed by atoms with Crippen LogP contribution < -0.4 is 15.4 Å². The third-order valence-corrected chi connectivity index (χ3v) is 3.82. The normalized spacial score (nSPS) is 11.7. The van der Waals surface area contributed by atoms with Gasteiger partial charge < -0.3 is 19.9 Å². The molecule has 0 saturated heterocycles. The molecule has 0 aliphatic heterocycles. The molecule has 0 atom stereocenters. The Bertz CT molecular complexity index is 697. The van der Waals surface area contributed by atoms with Crippen LogP contribution >= 0.6 is 0 Å². The van der Waals surface area contributed by atoms with E-state index in [1.54, 1.807) is 7.11 Å². The van der Waals surface area contributed by atoms with Gasteiger partial charge >= 0.3 is 0 Å². The SMILES string of the molecule is CCNC(=NCCc1nc(C(C)C)no1)NCCc1ccccc1OC. The van der Waals surface area contributed by atoms with E-state index in [2.05, 4.69) is 31.8 Å². The molecule has 0 aliphatic rings. The molecule has 1 aromatic carbocycles. The number of aromatic nitrogens is 2. The van der Waals surface area contributed by atoms with Gasteiger partial charge in [0.1, 0.15) is 5.75 Å². The van der Waals surface area contributed by atoms with Crippen LogP contribution in [0.3, 0.4) is 0 Å². The molecule has 0 radical (unpaired) electrons. The second-order valence-corrected chi connectivity index (χ2v) is 6.20. The van der Waals surface area contributed by atoms with Crippen molar-refractivity contribution in [3.8, 4) is 5.75 Å². The number of methoxy groups -OCH3 is 1. The Labute approximate surface area is 155 Å². The van der Waals surface area contributed by atoms with Crippen molar-refractivity contribution in [3.05, 3.63) is 41.5 Å². The van der Waals surface area contributed by atoms with Crippen LogP contribution in [-0.4, -0.2) is 42.8 Å². The van der Waals surface area contributed by atoms with Crippen LogP contribution in [0.1, 0.15) is 44.0 Å². The molecule has 0 amide bonds. The highest BCUT2D eigenvalue weighted by Crippen LogP contribution is 2.17. The summed E-state index contributed by atoms with van der Waals surface area (Å²) >= 11 is 0. The zero-order valence-electron chi connectivity index (χ0n) is 16.1. The predicted octanol–water partition coefficient (Wildman–Crippen LogP) is 2.54. The molecule has 7 nitrogen and oxygen atoms in total. The summed E-state index contributed by atoms with van der Waals surface area (Å²) < 4.78 is 10.6. The largest absolute Gasteiger partial charge is 0.496 e. The number of para-hydroxylation sites is 1. The molecule has 1 heterocycles. The number of rotatable bonds is 9. The minimum atomic E-state index is 0.268. The Balaban J connectivity index is 1.83. The summed E-state index contributed by atoms with van der Waals surface area (Å²) in [6.07, 6.45) is 1.48. The minimum absolute atomic E-state index is 0.268. The lowest BCUT2D eigenvalue weighted by Gasteiger charge is -2.12. The highest BCUT2D eigenvalue weighted by atomic mass is 16.5. The quantitative estimate of drug-likeness (QED) is 0.529. The molecule has 0 aliphatic carbocycles. The molecule has 0 saturated carbocycles. The first kappa shape index (κ1) is 19.8. The van der Waals surface area contributed by atoms with Crippen molar-refractivity contribution < 1.29 is 9.26 Å². The zero-order chi connectivity index (χ0) is 18.8. The number of aliphatic imine (C=N–C) groups is 1. The van der Waals surface area contributed by atoms with Crippen molar-refractivity contribution >= 4 is 5.96 Å². The van der Waals surface area contributed by atoms with Crippen molar-refractivity contribution in [2.75, 3.05) is 26.7 Å². The molecule has 26 heavy (non-hydrogen) atoms. The van der Waals surface area contributed by atoms with E-state index in [0.29, 0.717) is 18.9 Å². The summed E-state index contributed by atoms with van der Waals surface area (Å²) in [6, 6.07) is 8.05. The summed E-state index contributed by atoms with van der Waals surface area (Å²) in [7, 11) is 1.69. The van der Waals surface area contributed by atoms with Gasteiger partial charge in [0, 0.05) is 25.4 Å². The maximum absolute atomic E-state index is 5.39. The van der Waals surface area contributed by atoms with Gasteiger partial charge in [0.25, 0.3) is 0 Å². The monoisotopic (exact) mass is 359 g/mol. The van der Waals surface area contributed by atoms with Crippen LogP contribution in [0.15, 0.2) is 33.8 Å². The Morgan fingerprint density at radius 2 is 2.04 bits per heavy atom. The van der Waals surface area contributed by atoms with Crippen molar-refractivity contribution in [2.24, 2.45) is 4.99 Å². The predicted molar refractivity (Wildman–Crippen MR) is 103 cm³/mol. The molecule has 2 rings (SSSR count). The lowest BCUT2D eigenvalue weighted by atomic mass is 10.1. The van der Waals surface area contributed by atoms with Gasteiger partial charge in [-0.15, -0.1) is 0 Å². The summed E-state index contributed by atoms with van der Waals surface area (Å²) in [4.78, 5) is 8.94. The van der Waals surface area contributed by atoms with E-state index >= 15 is 0 Å². The van der Waals surface area contributed by atoms with Crippen LogP contribution in [0, 0.1) is 0 Å². The summed E-state index contributed by atoms with van der Waals surface area (Å²) in [5.41, 5.74) is 1.17. The highest BCUT2D eigenvalue weighted by molar-refractivity contribution is 5.79. The Kier molecular flexibility index (Phi) is 7.92. The van der Waals surface area contributed by atoms with Gasteiger partial charge in [0.05, 0.1) is 13.7 Å². The summed E-state index contributed by atoms with van der Waals surface area (Å²) in [5.74, 6) is 3.33. The lowest BCUT2D eigenvalue weighted by Crippen LogP contribution is -2.38. The van der Waals surface area contributed by atoms with E-state index in [-0.39, 0.29) is 5.92 Å². The van der Waals surface area contributed by atoms with Crippen molar-refractivity contribution in [1.29, 1.82) is 0 Å². The first-order valence-corrected chi connectivity index (χ1v) is 9.10. The van der Waals surface area contributed by atoms with Crippen LogP contribution in [-0.2, 0) is 12.8 Å². The topological polar surface area (TPSA) is 84.6 Å². The first-order chi connectivity index (χ1) is 12.6. The average molecular weight is 359 g/mol. The zero-order valence-corrected chi connectivity index (χ0v) is 16.1. The lowest BCUT2D eigenvalue weighted by molar-refractivity contribution is 0.372. The Morgan fingerprint density at radius 1 is 1.23 bits per heavy atom. The molecule has 0 unspecified atom stereocenters. The fourth-order valence-corrected chi connectivity index (χ4v) is 2.43. The smallest absolute Gasteiger partial charge is 0.228 e. The summed E-state index contributed by atoms with van der Waals surface area (Å²) in [5, 5.41) is 10.6. The number of hydrogen-bond acceptors (Lipinski definition) is 5. The molecule has 142 valence electrons. The Hall–Kier alpha value is -2.57. The standard InChI is InChI=1S/C19H29N5O2/c1-5-20-19(21-12-10-15-8-6-7-9-16(15)25-4)22-13-11-17-23-18(14(2)3)24-26-17/h6-9,14H,5,10-13H2,1-4H3,(H2,20,21,22). The number of ether oxygens (including phenoxy) is 1. The third-order valence-electron chi connectivity index (χ3n) is 3.82. The van der Waals surface area contributed by atoms with Gasteiger partial charge in [-0.1, -0.05) is 37.2 Å². The summed E-state index contributed by atoms with van der Waals surface area (Å²) in [6.45, 7) is 8.29. The second kappa shape index (κ2) is 10.4. The molecule has 0 fully saturated rings. The minimum Gasteiger partial charge on any atom is -0.496 e. The highest BCUT2D eigenvalue weighted by Gasteiger charge is 2.09. The molecular weight excluding hydrogens is 330 g/mol. The molecule has 0 spiro atoms. The van der Waals surface area contributed by atoms with E-state index in [9.17, 15) is 0 Å². The number of guanidine groups is 1. The van der Waals surface area contributed by atoms with E-state index < -0.39 is 0 Å². The molecule has 0 bridgehead atoms. The van der Waals surface area contributed by atoms with E-state index in [1.165, 1.54) is 5.56 Å². The Morgan fingerprint density at radius 3 is 2.73 bits per heavy atom. The van der Waals surface area contributed by atoms with Gasteiger partial charge in [-0.05, 0) is 25.0 Å². The molecule has 1 aromatic heterocycles. The van der Waals surface area contributed by atoms with E-state index in [1.807, 2.05) is 39.0 Å². The van der Waals surface area contributed by atoms with Crippen molar-refractivity contribution in [1.82, 2.24) is 20.8 Å². The molecular formula is C19H29N5O2. The fourth-order valence-electron chi connectivity index (χ4n) is 2.43. The second-order valence-electron chi connectivity index (χ2n) is 6.20. The number of nitrogens with one attached hydrogen (secondary N) is 2. The van der Waals surface area contributed by atoms with Crippen LogP contribution in [0.4, 0.5) is 0 Å². The van der Waals surface area contributed by atoms with Gasteiger partial charge in [-0.3, -0.25) is 4.99 Å². The molecule has 2 aromatic rings. The third kappa shape index (κ3) is 6.06.